The number of H-pyrrole nitrogens is 1. The van der Waals surface area contributed by atoms with Gasteiger partial charge in [0.2, 0.25) is 5.78 Å². The van der Waals surface area contributed by atoms with Gasteiger partial charge in [0.05, 0.1) is 16.3 Å². The predicted octanol–water partition coefficient (Wildman–Crippen LogP) is 3.97. The van der Waals surface area contributed by atoms with Crippen molar-refractivity contribution in [2.75, 3.05) is 6.61 Å². The average Bonchev–Trinajstić information content (AvgIpc) is 3.47. The summed E-state index contributed by atoms with van der Waals surface area (Å²) in [5, 5.41) is 6.50. The van der Waals surface area contributed by atoms with E-state index in [0.717, 1.165) is 10.6 Å². The molecule has 0 fully saturated rings. The van der Waals surface area contributed by atoms with Crippen LogP contribution in [0.2, 0.25) is 0 Å². The van der Waals surface area contributed by atoms with Gasteiger partial charge < -0.3 is 9.72 Å². The zero-order valence-corrected chi connectivity index (χ0v) is 15.0. The summed E-state index contributed by atoms with van der Waals surface area (Å²) in [4.78, 5) is 28.5. The van der Waals surface area contributed by atoms with E-state index in [1.54, 1.807) is 24.4 Å². The normalized spacial score (nSPS) is 10.7. The molecule has 7 heteroatoms. The molecule has 0 radical (unpaired) electrons. The Kier molecular flexibility index (Phi) is 4.67. The number of thiophene rings is 1. The SMILES string of the molecule is O=C(COC(=O)c1cc(-c2cccs2)nn1-c1ccccc1)c1ccc[nH]1. The van der Waals surface area contributed by atoms with Crippen LogP contribution in [0.15, 0.2) is 72.2 Å². The molecule has 0 atom stereocenters. The van der Waals surface area contributed by atoms with E-state index in [9.17, 15) is 9.59 Å². The molecular weight excluding hydrogens is 362 g/mol. The van der Waals surface area contributed by atoms with Gasteiger partial charge >= 0.3 is 5.97 Å². The number of aromatic amines is 1. The van der Waals surface area contributed by atoms with Crippen LogP contribution in [0.1, 0.15) is 21.0 Å². The van der Waals surface area contributed by atoms with Crippen LogP contribution in [0.4, 0.5) is 0 Å². The molecule has 0 bridgehead atoms. The molecule has 0 saturated carbocycles. The van der Waals surface area contributed by atoms with Crippen molar-refractivity contribution in [3.63, 3.8) is 0 Å². The van der Waals surface area contributed by atoms with Gasteiger partial charge in [-0.25, -0.2) is 9.48 Å². The number of benzene rings is 1. The maximum Gasteiger partial charge on any atom is 0.357 e. The highest BCUT2D eigenvalue weighted by molar-refractivity contribution is 7.13. The number of nitrogens with one attached hydrogen (secondary N) is 1. The minimum atomic E-state index is -0.603. The summed E-state index contributed by atoms with van der Waals surface area (Å²) in [6.07, 6.45) is 1.65. The molecule has 0 aliphatic carbocycles. The molecular formula is C20H15N3O3S. The molecule has 0 aliphatic heterocycles. The molecule has 3 aromatic heterocycles. The predicted molar refractivity (Wildman–Crippen MR) is 102 cm³/mol. The quantitative estimate of drug-likeness (QED) is 0.407. The number of carbonyl (C=O) groups is 2. The van der Waals surface area contributed by atoms with E-state index >= 15 is 0 Å². The van der Waals surface area contributed by atoms with Crippen molar-refractivity contribution in [1.29, 1.82) is 0 Å². The summed E-state index contributed by atoms with van der Waals surface area (Å²) in [6.45, 7) is -0.340. The molecule has 3 heterocycles. The zero-order valence-electron chi connectivity index (χ0n) is 14.2. The molecule has 27 heavy (non-hydrogen) atoms. The van der Waals surface area contributed by atoms with Crippen LogP contribution in [0.5, 0.6) is 0 Å². The zero-order chi connectivity index (χ0) is 18.6. The highest BCUT2D eigenvalue weighted by atomic mass is 32.1. The Morgan fingerprint density at radius 2 is 1.93 bits per heavy atom. The van der Waals surface area contributed by atoms with E-state index in [1.165, 1.54) is 16.0 Å². The van der Waals surface area contributed by atoms with Crippen LogP contribution < -0.4 is 0 Å². The van der Waals surface area contributed by atoms with E-state index < -0.39 is 5.97 Å². The molecule has 6 nitrogen and oxygen atoms in total. The van der Waals surface area contributed by atoms with Crippen LogP contribution in [0.3, 0.4) is 0 Å². The Hall–Kier alpha value is -3.45. The number of hydrogen-bond acceptors (Lipinski definition) is 5. The average molecular weight is 377 g/mol. The summed E-state index contributed by atoms with van der Waals surface area (Å²) in [6, 6.07) is 18.2. The lowest BCUT2D eigenvalue weighted by Crippen LogP contribution is -2.17. The lowest BCUT2D eigenvalue weighted by Gasteiger charge is -2.07. The number of Topliss-reactive ketones (excluding diaryl/α,β-unsaturated/α-hetero) is 1. The fourth-order valence-corrected chi connectivity index (χ4v) is 3.31. The highest BCUT2D eigenvalue weighted by Gasteiger charge is 2.20. The van der Waals surface area contributed by atoms with Gasteiger partial charge in [-0.15, -0.1) is 11.3 Å². The topological polar surface area (TPSA) is 77.0 Å². The lowest BCUT2D eigenvalue weighted by molar-refractivity contribution is 0.0464. The first-order valence-corrected chi connectivity index (χ1v) is 9.13. The second-order valence-corrected chi connectivity index (χ2v) is 6.67. The van der Waals surface area contributed by atoms with Gasteiger partial charge in [0.25, 0.3) is 0 Å². The number of carbonyl (C=O) groups excluding carboxylic acids is 2. The standard InChI is InChI=1S/C20H15N3O3S/c24-18(15-8-4-10-21-15)13-26-20(25)17-12-16(19-9-5-11-27-19)22-23(17)14-6-2-1-3-7-14/h1-12,21H,13H2. The Morgan fingerprint density at radius 3 is 2.63 bits per heavy atom. The van der Waals surface area contributed by atoms with Crippen LogP contribution >= 0.6 is 11.3 Å². The van der Waals surface area contributed by atoms with Gasteiger partial charge in [0.15, 0.2) is 12.3 Å². The summed E-state index contributed by atoms with van der Waals surface area (Å²) in [5.41, 5.74) is 2.09. The molecule has 1 N–H and O–H groups in total. The maximum atomic E-state index is 12.7. The minimum Gasteiger partial charge on any atom is -0.452 e. The highest BCUT2D eigenvalue weighted by Crippen LogP contribution is 2.26. The number of ether oxygens (including phenoxy) is 1. The summed E-state index contributed by atoms with van der Waals surface area (Å²) < 4.78 is 6.78. The van der Waals surface area contributed by atoms with Crippen molar-refractivity contribution >= 4 is 23.1 Å². The van der Waals surface area contributed by atoms with Gasteiger partial charge in [-0.05, 0) is 35.7 Å². The number of hydrogen-bond donors (Lipinski definition) is 1. The molecule has 0 amide bonds. The first-order valence-electron chi connectivity index (χ1n) is 8.25. The van der Waals surface area contributed by atoms with Crippen LogP contribution in [0, 0.1) is 0 Å². The Labute approximate surface area is 159 Å². The number of ketones is 1. The molecule has 0 spiro atoms. The van der Waals surface area contributed by atoms with Gasteiger partial charge in [-0.1, -0.05) is 24.3 Å². The van der Waals surface area contributed by atoms with E-state index in [2.05, 4.69) is 10.1 Å². The molecule has 0 unspecified atom stereocenters. The van der Waals surface area contributed by atoms with Crippen molar-refractivity contribution in [2.24, 2.45) is 0 Å². The summed E-state index contributed by atoms with van der Waals surface area (Å²) in [7, 11) is 0. The minimum absolute atomic E-state index is 0.267. The van der Waals surface area contributed by atoms with Gasteiger partial charge in [0, 0.05) is 12.3 Å². The monoisotopic (exact) mass is 377 g/mol. The third kappa shape index (κ3) is 3.58. The van der Waals surface area contributed by atoms with Crippen molar-refractivity contribution in [3.05, 3.63) is 83.6 Å². The van der Waals surface area contributed by atoms with Crippen LogP contribution in [-0.4, -0.2) is 33.1 Å². The smallest absolute Gasteiger partial charge is 0.357 e. The number of rotatable bonds is 6. The Balaban J connectivity index is 1.62. The van der Waals surface area contributed by atoms with Gasteiger partial charge in [-0.2, -0.15) is 5.10 Å². The third-order valence-corrected chi connectivity index (χ3v) is 4.82. The second-order valence-electron chi connectivity index (χ2n) is 5.72. The van der Waals surface area contributed by atoms with Crippen molar-refractivity contribution in [2.45, 2.75) is 0 Å². The third-order valence-electron chi connectivity index (χ3n) is 3.93. The fourth-order valence-electron chi connectivity index (χ4n) is 2.62. The van der Waals surface area contributed by atoms with Crippen molar-refractivity contribution in [3.8, 4) is 16.3 Å². The molecule has 4 rings (SSSR count). The van der Waals surface area contributed by atoms with Crippen molar-refractivity contribution in [1.82, 2.24) is 14.8 Å². The second kappa shape index (κ2) is 7.43. The molecule has 0 saturated heterocycles. The number of esters is 1. The van der Waals surface area contributed by atoms with E-state index in [1.807, 2.05) is 47.8 Å². The van der Waals surface area contributed by atoms with E-state index in [4.69, 9.17) is 4.74 Å². The van der Waals surface area contributed by atoms with Gasteiger partial charge in [-0.3, -0.25) is 4.79 Å². The molecule has 134 valence electrons. The summed E-state index contributed by atoms with van der Waals surface area (Å²) >= 11 is 1.54. The summed E-state index contributed by atoms with van der Waals surface area (Å²) in [5.74, 6) is -0.897. The Bertz CT molecular complexity index is 1050. The number of nitrogens with zero attached hydrogens (tertiary/aromatic N) is 2. The Morgan fingerprint density at radius 1 is 1.07 bits per heavy atom. The first kappa shape index (κ1) is 17.0. The first-order chi connectivity index (χ1) is 13.2. The van der Waals surface area contributed by atoms with Crippen LogP contribution in [-0.2, 0) is 4.74 Å². The van der Waals surface area contributed by atoms with E-state index in [-0.39, 0.29) is 18.1 Å². The van der Waals surface area contributed by atoms with E-state index in [0.29, 0.717) is 11.4 Å². The number of para-hydroxylation sites is 1. The lowest BCUT2D eigenvalue weighted by atomic mass is 10.3. The van der Waals surface area contributed by atoms with Crippen molar-refractivity contribution < 1.29 is 14.3 Å². The maximum absolute atomic E-state index is 12.7. The largest absolute Gasteiger partial charge is 0.452 e. The van der Waals surface area contributed by atoms with Crippen LogP contribution in [0.25, 0.3) is 16.3 Å². The molecule has 0 aliphatic rings. The molecule has 1 aromatic carbocycles. The number of aromatic nitrogens is 3. The van der Waals surface area contributed by atoms with Gasteiger partial charge in [0.1, 0.15) is 5.69 Å². The fraction of sp³-hybridized carbons (Fsp3) is 0.0500. The molecule has 4 aromatic rings.